The maximum atomic E-state index is 13.4. The van der Waals surface area contributed by atoms with E-state index >= 15 is 0 Å². The van der Waals surface area contributed by atoms with Gasteiger partial charge in [0.05, 0.1) is 29.3 Å². The van der Waals surface area contributed by atoms with Crippen LogP contribution in [0.15, 0.2) is 64.5 Å². The number of rotatable bonds is 8. The van der Waals surface area contributed by atoms with E-state index in [9.17, 15) is 14.4 Å². The fraction of sp³-hybridized carbons (Fsp3) is 0.231. The first-order valence-corrected chi connectivity index (χ1v) is 11.8. The molecule has 0 amide bonds. The average molecular weight is 476 g/mol. The summed E-state index contributed by atoms with van der Waals surface area (Å²) in [4.78, 5) is 46.1. The van der Waals surface area contributed by atoms with Gasteiger partial charge in [0.1, 0.15) is 0 Å². The van der Waals surface area contributed by atoms with Crippen LogP contribution >= 0.6 is 11.8 Å². The van der Waals surface area contributed by atoms with Gasteiger partial charge in [0.15, 0.2) is 10.9 Å². The number of ether oxygens (including phenoxy) is 1. The molecule has 0 radical (unpaired) electrons. The van der Waals surface area contributed by atoms with Gasteiger partial charge < -0.3 is 9.72 Å². The lowest BCUT2D eigenvalue weighted by atomic mass is 10.1. The number of Topliss-reactive ketones (excluding diaryl/α,β-unsaturated/α-hetero) is 1. The summed E-state index contributed by atoms with van der Waals surface area (Å²) in [5.74, 6) is -0.406. The zero-order valence-corrected chi connectivity index (χ0v) is 20.1. The van der Waals surface area contributed by atoms with Crippen LogP contribution in [-0.4, -0.2) is 39.2 Å². The third-order valence-electron chi connectivity index (χ3n) is 5.59. The molecule has 8 heteroatoms. The second kappa shape index (κ2) is 10.1. The van der Waals surface area contributed by atoms with Crippen molar-refractivity contribution < 1.29 is 14.3 Å². The molecule has 0 aliphatic rings. The average Bonchev–Trinajstić information content (AvgIpc) is 3.19. The highest BCUT2D eigenvalue weighted by Crippen LogP contribution is 2.22. The number of nitrogens with zero attached hydrogens (tertiary/aromatic N) is 2. The van der Waals surface area contributed by atoms with Crippen molar-refractivity contribution in [3.63, 3.8) is 0 Å². The molecule has 0 aliphatic heterocycles. The standard InChI is InChI=1S/C26H25N3O4S/c1-16-13-21(17(2)27-16)23(30)15-34-26-28-22-14-19(25(32)33-3)9-10-20(22)24(31)29(26)12-11-18-7-5-4-6-8-18/h4-10,13-14,27H,11-12,15H2,1-3H3. The van der Waals surface area contributed by atoms with Crippen LogP contribution in [0.4, 0.5) is 0 Å². The van der Waals surface area contributed by atoms with Crippen molar-refractivity contribution in [1.82, 2.24) is 14.5 Å². The molecule has 4 rings (SSSR count). The van der Waals surface area contributed by atoms with Gasteiger partial charge in [0.2, 0.25) is 0 Å². The Hall–Kier alpha value is -3.65. The normalized spacial score (nSPS) is 11.0. The summed E-state index contributed by atoms with van der Waals surface area (Å²) in [6, 6.07) is 16.4. The molecule has 0 aliphatic carbocycles. The fourth-order valence-electron chi connectivity index (χ4n) is 3.86. The lowest BCUT2D eigenvalue weighted by Crippen LogP contribution is -2.25. The van der Waals surface area contributed by atoms with Gasteiger partial charge in [-0.2, -0.15) is 0 Å². The van der Waals surface area contributed by atoms with Crippen LogP contribution in [0.5, 0.6) is 0 Å². The van der Waals surface area contributed by atoms with Crippen molar-refractivity contribution in [2.24, 2.45) is 0 Å². The number of hydrogen-bond acceptors (Lipinski definition) is 6. The van der Waals surface area contributed by atoms with E-state index in [0.717, 1.165) is 17.0 Å². The summed E-state index contributed by atoms with van der Waals surface area (Å²) in [6.07, 6.45) is 0.645. The molecule has 0 saturated carbocycles. The van der Waals surface area contributed by atoms with E-state index < -0.39 is 5.97 Å². The SMILES string of the molecule is COC(=O)c1ccc2c(=O)n(CCc3ccccc3)c(SCC(=O)c3cc(C)[nH]c3C)nc2c1. The maximum absolute atomic E-state index is 13.4. The van der Waals surface area contributed by atoms with Crippen molar-refractivity contribution in [2.45, 2.75) is 32.0 Å². The number of thioether (sulfide) groups is 1. The molecule has 0 atom stereocenters. The summed E-state index contributed by atoms with van der Waals surface area (Å²) in [7, 11) is 1.30. The number of esters is 1. The maximum Gasteiger partial charge on any atom is 0.337 e. The minimum absolute atomic E-state index is 0.0425. The Morgan fingerprint density at radius 3 is 2.53 bits per heavy atom. The number of nitrogens with one attached hydrogen (secondary N) is 1. The van der Waals surface area contributed by atoms with Crippen LogP contribution in [0.2, 0.25) is 0 Å². The van der Waals surface area contributed by atoms with Crippen molar-refractivity contribution in [3.8, 4) is 0 Å². The third-order valence-corrected chi connectivity index (χ3v) is 6.57. The zero-order chi connectivity index (χ0) is 24.2. The molecule has 2 aromatic heterocycles. The molecule has 0 unspecified atom stereocenters. The predicted molar refractivity (Wildman–Crippen MR) is 133 cm³/mol. The second-order valence-electron chi connectivity index (χ2n) is 8.01. The second-order valence-corrected chi connectivity index (χ2v) is 8.96. The van der Waals surface area contributed by atoms with Gasteiger partial charge in [-0.05, 0) is 50.1 Å². The van der Waals surface area contributed by atoms with Crippen LogP contribution < -0.4 is 5.56 Å². The topological polar surface area (TPSA) is 94.0 Å². The Morgan fingerprint density at radius 2 is 1.85 bits per heavy atom. The molecule has 1 N–H and O–H groups in total. The Balaban J connectivity index is 1.70. The van der Waals surface area contributed by atoms with Crippen molar-refractivity contribution in [3.05, 3.63) is 93.0 Å². The minimum atomic E-state index is -0.500. The van der Waals surface area contributed by atoms with Crippen molar-refractivity contribution >= 4 is 34.4 Å². The largest absolute Gasteiger partial charge is 0.465 e. The monoisotopic (exact) mass is 475 g/mol. The Bertz CT molecular complexity index is 1420. The summed E-state index contributed by atoms with van der Waals surface area (Å²) >= 11 is 1.22. The third kappa shape index (κ3) is 4.97. The van der Waals surface area contributed by atoms with E-state index in [2.05, 4.69) is 9.97 Å². The highest BCUT2D eigenvalue weighted by molar-refractivity contribution is 7.99. The molecular weight excluding hydrogens is 450 g/mol. The van der Waals surface area contributed by atoms with E-state index in [0.29, 0.717) is 40.2 Å². The van der Waals surface area contributed by atoms with Gasteiger partial charge in [-0.1, -0.05) is 42.1 Å². The Kier molecular flexibility index (Phi) is 6.98. The van der Waals surface area contributed by atoms with Crippen molar-refractivity contribution in [1.29, 1.82) is 0 Å². The highest BCUT2D eigenvalue weighted by atomic mass is 32.2. The Morgan fingerprint density at radius 1 is 1.09 bits per heavy atom. The number of benzene rings is 2. The molecule has 4 aromatic rings. The van der Waals surface area contributed by atoms with E-state index in [4.69, 9.17) is 4.74 Å². The molecule has 7 nitrogen and oxygen atoms in total. The summed E-state index contributed by atoms with van der Waals surface area (Å²) in [6.45, 7) is 4.19. The van der Waals surface area contributed by atoms with E-state index in [-0.39, 0.29) is 17.1 Å². The van der Waals surface area contributed by atoms with Crippen LogP contribution in [0.25, 0.3) is 10.9 Å². The number of methoxy groups -OCH3 is 1. The summed E-state index contributed by atoms with van der Waals surface area (Å²) in [5.41, 5.74) is 3.98. The number of carbonyl (C=O) groups is 2. The number of aromatic amines is 1. The molecule has 174 valence electrons. The van der Waals surface area contributed by atoms with Gasteiger partial charge in [-0.25, -0.2) is 9.78 Å². The van der Waals surface area contributed by atoms with Gasteiger partial charge in [0, 0.05) is 23.5 Å². The number of aromatic nitrogens is 3. The molecular formula is C26H25N3O4S. The molecule has 34 heavy (non-hydrogen) atoms. The summed E-state index contributed by atoms with van der Waals surface area (Å²) in [5, 5.41) is 0.849. The van der Waals surface area contributed by atoms with Gasteiger partial charge in [0.25, 0.3) is 5.56 Å². The zero-order valence-electron chi connectivity index (χ0n) is 19.3. The van der Waals surface area contributed by atoms with Crippen molar-refractivity contribution in [2.75, 3.05) is 12.9 Å². The van der Waals surface area contributed by atoms with Gasteiger partial charge in [-0.3, -0.25) is 14.2 Å². The van der Waals surface area contributed by atoms with Crippen LogP contribution in [0.3, 0.4) is 0 Å². The van der Waals surface area contributed by atoms with Crippen LogP contribution in [0, 0.1) is 13.8 Å². The smallest absolute Gasteiger partial charge is 0.337 e. The van der Waals surface area contributed by atoms with E-state index in [1.807, 2.05) is 50.2 Å². The van der Waals surface area contributed by atoms with Gasteiger partial charge in [-0.15, -0.1) is 0 Å². The lowest BCUT2D eigenvalue weighted by Gasteiger charge is -2.13. The van der Waals surface area contributed by atoms with E-state index in [1.54, 1.807) is 22.8 Å². The highest BCUT2D eigenvalue weighted by Gasteiger charge is 2.17. The summed E-state index contributed by atoms with van der Waals surface area (Å²) < 4.78 is 6.41. The van der Waals surface area contributed by atoms with Crippen LogP contribution in [-0.2, 0) is 17.7 Å². The first kappa shape index (κ1) is 23.5. The van der Waals surface area contributed by atoms with E-state index in [1.165, 1.54) is 18.9 Å². The molecule has 0 spiro atoms. The molecule has 0 bridgehead atoms. The molecule has 0 fully saturated rings. The van der Waals surface area contributed by atoms with Crippen LogP contribution in [0.1, 0.15) is 37.7 Å². The number of fused-ring (bicyclic) bond motifs is 1. The quantitative estimate of drug-likeness (QED) is 0.176. The fourth-order valence-corrected chi connectivity index (χ4v) is 4.77. The molecule has 0 saturated heterocycles. The number of ketones is 1. The molecule has 2 aromatic carbocycles. The number of hydrogen-bond donors (Lipinski definition) is 1. The lowest BCUT2D eigenvalue weighted by molar-refractivity contribution is 0.0600. The minimum Gasteiger partial charge on any atom is -0.465 e. The Labute approximate surface area is 201 Å². The first-order chi connectivity index (χ1) is 16.4. The number of H-pyrrole nitrogens is 1. The van der Waals surface area contributed by atoms with Gasteiger partial charge >= 0.3 is 5.97 Å². The number of carbonyl (C=O) groups excluding carboxylic acids is 2. The predicted octanol–water partition coefficient (Wildman–Crippen LogP) is 4.35. The number of aryl methyl sites for hydroxylation is 3. The molecule has 2 heterocycles. The first-order valence-electron chi connectivity index (χ1n) is 10.9.